The molecule has 14 heavy (non-hydrogen) atoms. The van der Waals surface area contributed by atoms with Crippen molar-refractivity contribution in [2.45, 2.75) is 19.3 Å². The largest absolute Gasteiger partial charge is 0.293 e. The normalized spacial score (nSPS) is 18.3. The summed E-state index contributed by atoms with van der Waals surface area (Å²) in [7, 11) is 0. The van der Waals surface area contributed by atoms with Gasteiger partial charge in [0.25, 0.3) is 0 Å². The summed E-state index contributed by atoms with van der Waals surface area (Å²) in [6, 6.07) is 3.89. The first kappa shape index (κ1) is 10.2. The minimum Gasteiger partial charge on any atom is -0.293 e. The molecule has 0 amide bonds. The molecule has 1 aliphatic heterocycles. The third-order valence-corrected chi connectivity index (χ3v) is 4.57. The van der Waals surface area contributed by atoms with E-state index in [1.54, 1.807) is 11.3 Å². The topological polar surface area (TPSA) is 17.1 Å². The summed E-state index contributed by atoms with van der Waals surface area (Å²) in [5.41, 5.74) is 0. The summed E-state index contributed by atoms with van der Waals surface area (Å²) in [6.45, 7) is 0. The lowest BCUT2D eigenvalue weighted by atomic mass is 9.96. The van der Waals surface area contributed by atoms with Gasteiger partial charge in [-0.05, 0) is 41.7 Å². The molecule has 1 fully saturated rings. The lowest BCUT2D eigenvalue weighted by molar-refractivity contribution is 0.0962. The summed E-state index contributed by atoms with van der Waals surface area (Å²) < 4.78 is 0. The minimum absolute atomic E-state index is 0.344. The van der Waals surface area contributed by atoms with E-state index < -0.39 is 0 Å². The molecule has 2 rings (SSSR count). The molecule has 2 heterocycles. The molecule has 1 aromatic rings. The number of ketones is 1. The molecular weight excluding hydrogens is 212 g/mol. The van der Waals surface area contributed by atoms with Crippen molar-refractivity contribution in [3.05, 3.63) is 22.4 Å². The second-order valence-electron chi connectivity index (χ2n) is 3.66. The van der Waals surface area contributed by atoms with E-state index in [-0.39, 0.29) is 0 Å². The number of carbonyl (C=O) groups excluding carboxylic acids is 1. The third-order valence-electron chi connectivity index (χ3n) is 2.61. The van der Waals surface area contributed by atoms with E-state index in [0.29, 0.717) is 11.7 Å². The maximum absolute atomic E-state index is 11.8. The quantitative estimate of drug-likeness (QED) is 0.734. The third kappa shape index (κ3) is 2.61. The molecule has 0 unspecified atom stereocenters. The Kier molecular flexibility index (Phi) is 3.65. The van der Waals surface area contributed by atoms with Crippen molar-refractivity contribution in [1.82, 2.24) is 0 Å². The van der Waals surface area contributed by atoms with Crippen LogP contribution in [-0.2, 0) is 0 Å². The average molecular weight is 226 g/mol. The summed E-state index contributed by atoms with van der Waals surface area (Å²) in [4.78, 5) is 12.7. The van der Waals surface area contributed by atoms with Gasteiger partial charge in [-0.15, -0.1) is 11.3 Å². The first-order valence-electron chi connectivity index (χ1n) is 5.00. The standard InChI is InChI=1S/C11H14OS2/c12-10(11-2-1-5-14-11)8-9-3-6-13-7-4-9/h1-2,5,9H,3-4,6-8H2. The van der Waals surface area contributed by atoms with Crippen LogP contribution in [0, 0.1) is 5.92 Å². The molecular formula is C11H14OS2. The minimum atomic E-state index is 0.344. The van der Waals surface area contributed by atoms with Crippen LogP contribution in [0.1, 0.15) is 28.9 Å². The van der Waals surface area contributed by atoms with E-state index in [4.69, 9.17) is 0 Å². The first-order chi connectivity index (χ1) is 6.86. The molecule has 0 aliphatic carbocycles. The molecule has 0 bridgehead atoms. The summed E-state index contributed by atoms with van der Waals surface area (Å²) in [6.07, 6.45) is 3.21. The predicted octanol–water partition coefficient (Wildman–Crippen LogP) is 3.46. The van der Waals surface area contributed by atoms with Gasteiger partial charge in [0.2, 0.25) is 0 Å². The van der Waals surface area contributed by atoms with Gasteiger partial charge in [0.1, 0.15) is 0 Å². The van der Waals surface area contributed by atoms with Gasteiger partial charge in [-0.2, -0.15) is 11.8 Å². The highest BCUT2D eigenvalue weighted by Gasteiger charge is 2.18. The van der Waals surface area contributed by atoms with E-state index in [9.17, 15) is 4.79 Å². The van der Waals surface area contributed by atoms with Crippen LogP contribution in [-0.4, -0.2) is 17.3 Å². The molecule has 0 aromatic carbocycles. The van der Waals surface area contributed by atoms with Crippen LogP contribution in [0.15, 0.2) is 17.5 Å². The number of thioether (sulfide) groups is 1. The van der Waals surface area contributed by atoms with Crippen molar-refractivity contribution < 1.29 is 4.79 Å². The van der Waals surface area contributed by atoms with Crippen molar-refractivity contribution in [3.63, 3.8) is 0 Å². The highest BCUT2D eigenvalue weighted by atomic mass is 32.2. The lowest BCUT2D eigenvalue weighted by Crippen LogP contribution is -2.13. The Morgan fingerprint density at radius 3 is 2.86 bits per heavy atom. The van der Waals surface area contributed by atoms with Gasteiger partial charge in [0, 0.05) is 6.42 Å². The van der Waals surface area contributed by atoms with E-state index in [0.717, 1.165) is 11.3 Å². The number of carbonyl (C=O) groups is 1. The number of hydrogen-bond acceptors (Lipinski definition) is 3. The fourth-order valence-corrected chi connectivity index (χ4v) is 3.63. The van der Waals surface area contributed by atoms with Crippen molar-refractivity contribution in [3.8, 4) is 0 Å². The average Bonchev–Trinajstić information content (AvgIpc) is 2.72. The van der Waals surface area contributed by atoms with Crippen LogP contribution < -0.4 is 0 Å². The van der Waals surface area contributed by atoms with Gasteiger partial charge in [-0.3, -0.25) is 4.79 Å². The molecule has 0 saturated carbocycles. The van der Waals surface area contributed by atoms with Crippen LogP contribution in [0.2, 0.25) is 0 Å². The van der Waals surface area contributed by atoms with Gasteiger partial charge < -0.3 is 0 Å². The molecule has 76 valence electrons. The van der Waals surface area contributed by atoms with E-state index in [1.807, 2.05) is 29.3 Å². The van der Waals surface area contributed by atoms with Gasteiger partial charge in [0.05, 0.1) is 4.88 Å². The van der Waals surface area contributed by atoms with Crippen LogP contribution in [0.3, 0.4) is 0 Å². The Bertz CT molecular complexity index is 286. The van der Waals surface area contributed by atoms with Gasteiger partial charge >= 0.3 is 0 Å². The van der Waals surface area contributed by atoms with Crippen molar-refractivity contribution in [1.29, 1.82) is 0 Å². The second kappa shape index (κ2) is 4.99. The molecule has 0 spiro atoms. The zero-order valence-corrected chi connectivity index (χ0v) is 9.70. The Labute approximate surface area is 92.9 Å². The number of Topliss-reactive ketones (excluding diaryl/α,β-unsaturated/α-hetero) is 1. The molecule has 0 atom stereocenters. The SMILES string of the molecule is O=C(CC1CCSCC1)c1cccs1. The Balaban J connectivity index is 1.87. The van der Waals surface area contributed by atoms with E-state index in [2.05, 4.69) is 0 Å². The first-order valence-corrected chi connectivity index (χ1v) is 7.04. The van der Waals surface area contributed by atoms with Crippen LogP contribution in [0.4, 0.5) is 0 Å². The van der Waals surface area contributed by atoms with E-state index >= 15 is 0 Å². The summed E-state index contributed by atoms with van der Waals surface area (Å²) >= 11 is 3.58. The van der Waals surface area contributed by atoms with Crippen LogP contribution in [0.25, 0.3) is 0 Å². The Morgan fingerprint density at radius 2 is 2.21 bits per heavy atom. The molecule has 0 radical (unpaired) electrons. The monoisotopic (exact) mass is 226 g/mol. The molecule has 1 aromatic heterocycles. The van der Waals surface area contributed by atoms with Crippen LogP contribution in [0.5, 0.6) is 0 Å². The Morgan fingerprint density at radius 1 is 1.43 bits per heavy atom. The zero-order chi connectivity index (χ0) is 9.80. The predicted molar refractivity (Wildman–Crippen MR) is 63.3 cm³/mol. The zero-order valence-electron chi connectivity index (χ0n) is 8.07. The smallest absolute Gasteiger partial charge is 0.173 e. The van der Waals surface area contributed by atoms with Gasteiger partial charge in [-0.25, -0.2) is 0 Å². The maximum atomic E-state index is 11.8. The number of rotatable bonds is 3. The molecule has 0 N–H and O–H groups in total. The summed E-state index contributed by atoms with van der Waals surface area (Å²) in [5, 5.41) is 1.98. The fourth-order valence-electron chi connectivity index (χ4n) is 1.75. The van der Waals surface area contributed by atoms with Gasteiger partial charge in [0.15, 0.2) is 5.78 Å². The van der Waals surface area contributed by atoms with Crippen molar-refractivity contribution in [2.75, 3.05) is 11.5 Å². The molecule has 1 saturated heterocycles. The Hall–Kier alpha value is -0.280. The maximum Gasteiger partial charge on any atom is 0.173 e. The van der Waals surface area contributed by atoms with Crippen molar-refractivity contribution >= 4 is 28.9 Å². The van der Waals surface area contributed by atoms with Crippen LogP contribution >= 0.6 is 23.1 Å². The van der Waals surface area contributed by atoms with E-state index in [1.165, 1.54) is 24.3 Å². The van der Waals surface area contributed by atoms with Gasteiger partial charge in [-0.1, -0.05) is 6.07 Å². The second-order valence-corrected chi connectivity index (χ2v) is 5.83. The molecule has 1 nitrogen and oxygen atoms in total. The molecule has 3 heteroatoms. The summed E-state index contributed by atoms with van der Waals surface area (Å²) in [5.74, 6) is 3.47. The number of thiophene rings is 1. The number of hydrogen-bond donors (Lipinski definition) is 0. The van der Waals surface area contributed by atoms with Crippen molar-refractivity contribution in [2.24, 2.45) is 5.92 Å². The highest BCUT2D eigenvalue weighted by Crippen LogP contribution is 2.27. The lowest BCUT2D eigenvalue weighted by Gasteiger charge is -2.19. The fraction of sp³-hybridized carbons (Fsp3) is 0.545. The highest BCUT2D eigenvalue weighted by molar-refractivity contribution is 7.99. The molecule has 1 aliphatic rings.